The van der Waals surface area contributed by atoms with E-state index >= 15 is 0 Å². The molecule has 0 aromatic heterocycles. The van der Waals surface area contributed by atoms with Gasteiger partial charge in [0.1, 0.15) is 12.4 Å². The molecular weight excluding hydrogens is 246 g/mol. The lowest BCUT2D eigenvalue weighted by molar-refractivity contribution is 0.306. The third kappa shape index (κ3) is 3.84. The molecule has 20 heavy (non-hydrogen) atoms. The first kappa shape index (κ1) is 13.2. The van der Waals surface area contributed by atoms with Crippen LogP contribution in [-0.2, 0) is 13.2 Å². The van der Waals surface area contributed by atoms with Gasteiger partial charge in [0.15, 0.2) is 0 Å². The zero-order valence-electron chi connectivity index (χ0n) is 11.9. The molecule has 0 unspecified atom stereocenters. The summed E-state index contributed by atoms with van der Waals surface area (Å²) in [5, 5.41) is 3.53. The Labute approximate surface area is 120 Å². The van der Waals surface area contributed by atoms with Crippen LogP contribution < -0.4 is 10.1 Å². The summed E-state index contributed by atoms with van der Waals surface area (Å²) in [5.41, 5.74) is 3.78. The van der Waals surface area contributed by atoms with Crippen molar-refractivity contribution in [1.29, 1.82) is 0 Å². The van der Waals surface area contributed by atoms with Crippen LogP contribution in [0.4, 0.5) is 0 Å². The lowest BCUT2D eigenvalue weighted by atomic mass is 10.1. The highest BCUT2D eigenvalue weighted by atomic mass is 16.5. The molecule has 0 aliphatic heterocycles. The van der Waals surface area contributed by atoms with E-state index in [-0.39, 0.29) is 0 Å². The highest BCUT2D eigenvalue weighted by molar-refractivity contribution is 5.29. The number of benzene rings is 2. The fourth-order valence-electron chi connectivity index (χ4n) is 2.26. The molecule has 0 heterocycles. The van der Waals surface area contributed by atoms with Crippen LogP contribution >= 0.6 is 0 Å². The van der Waals surface area contributed by atoms with Gasteiger partial charge in [-0.3, -0.25) is 0 Å². The fraction of sp³-hybridized carbons (Fsp3) is 0.333. The number of hydrogen-bond donors (Lipinski definition) is 1. The molecule has 2 nitrogen and oxygen atoms in total. The predicted molar refractivity (Wildman–Crippen MR) is 81.8 cm³/mol. The molecular formula is C18H21NO. The molecule has 0 atom stereocenters. The summed E-state index contributed by atoms with van der Waals surface area (Å²) in [5.74, 6) is 0.946. The SMILES string of the molecule is Cc1cccc(COc2cccc(CNC3CC3)c2)c1. The number of ether oxygens (including phenoxy) is 1. The largest absolute Gasteiger partial charge is 0.489 e. The average Bonchev–Trinajstić information content (AvgIpc) is 3.28. The van der Waals surface area contributed by atoms with Crippen LogP contribution in [0.3, 0.4) is 0 Å². The Bertz CT molecular complexity index is 575. The van der Waals surface area contributed by atoms with E-state index < -0.39 is 0 Å². The lowest BCUT2D eigenvalue weighted by Gasteiger charge is -2.09. The topological polar surface area (TPSA) is 21.3 Å². The number of aryl methyl sites for hydroxylation is 1. The van der Waals surface area contributed by atoms with Crippen LogP contribution in [0.5, 0.6) is 5.75 Å². The minimum Gasteiger partial charge on any atom is -0.489 e. The van der Waals surface area contributed by atoms with Crippen molar-refractivity contribution in [2.45, 2.75) is 39.0 Å². The Hall–Kier alpha value is -1.80. The molecule has 1 saturated carbocycles. The molecule has 3 rings (SSSR count). The van der Waals surface area contributed by atoms with Crippen molar-refractivity contribution < 1.29 is 4.74 Å². The Morgan fingerprint density at radius 3 is 2.65 bits per heavy atom. The average molecular weight is 267 g/mol. The van der Waals surface area contributed by atoms with Crippen molar-refractivity contribution in [2.24, 2.45) is 0 Å². The van der Waals surface area contributed by atoms with Gasteiger partial charge in [-0.2, -0.15) is 0 Å². The Balaban J connectivity index is 1.57. The quantitative estimate of drug-likeness (QED) is 0.859. The summed E-state index contributed by atoms with van der Waals surface area (Å²) >= 11 is 0. The van der Waals surface area contributed by atoms with Crippen LogP contribution in [0.1, 0.15) is 29.5 Å². The first-order valence-electron chi connectivity index (χ1n) is 7.30. The van der Waals surface area contributed by atoms with Crippen LogP contribution in [0.15, 0.2) is 48.5 Å². The maximum Gasteiger partial charge on any atom is 0.120 e. The van der Waals surface area contributed by atoms with E-state index in [9.17, 15) is 0 Å². The maximum atomic E-state index is 5.88. The molecule has 2 heteroatoms. The fourth-order valence-corrected chi connectivity index (χ4v) is 2.26. The molecule has 104 valence electrons. The van der Waals surface area contributed by atoms with Crippen molar-refractivity contribution in [3.8, 4) is 5.75 Å². The zero-order chi connectivity index (χ0) is 13.8. The summed E-state index contributed by atoms with van der Waals surface area (Å²) in [7, 11) is 0. The summed E-state index contributed by atoms with van der Waals surface area (Å²) in [6.45, 7) is 3.67. The third-order valence-electron chi connectivity index (χ3n) is 3.56. The van der Waals surface area contributed by atoms with Crippen LogP contribution in [-0.4, -0.2) is 6.04 Å². The van der Waals surface area contributed by atoms with E-state index in [4.69, 9.17) is 4.74 Å². The molecule has 1 fully saturated rings. The molecule has 2 aromatic carbocycles. The zero-order valence-corrected chi connectivity index (χ0v) is 11.9. The van der Waals surface area contributed by atoms with Gasteiger partial charge in [0.05, 0.1) is 0 Å². The summed E-state index contributed by atoms with van der Waals surface area (Å²) in [6.07, 6.45) is 2.65. The van der Waals surface area contributed by atoms with Gasteiger partial charge >= 0.3 is 0 Å². The molecule has 0 saturated heterocycles. The number of hydrogen-bond acceptors (Lipinski definition) is 2. The van der Waals surface area contributed by atoms with Crippen molar-refractivity contribution in [1.82, 2.24) is 5.32 Å². The first-order valence-corrected chi connectivity index (χ1v) is 7.30. The normalized spacial score (nSPS) is 14.2. The monoisotopic (exact) mass is 267 g/mol. The molecule has 0 radical (unpaired) electrons. The highest BCUT2D eigenvalue weighted by Crippen LogP contribution is 2.20. The predicted octanol–water partition coefficient (Wildman–Crippen LogP) is 3.83. The molecule has 1 aliphatic rings. The minimum absolute atomic E-state index is 0.626. The van der Waals surface area contributed by atoms with E-state index in [2.05, 4.69) is 54.7 Å². The minimum atomic E-state index is 0.626. The molecule has 1 N–H and O–H groups in total. The lowest BCUT2D eigenvalue weighted by Crippen LogP contribution is -2.15. The standard InChI is InChI=1S/C18H21NO/c1-14-4-2-6-16(10-14)13-20-18-7-3-5-15(11-18)12-19-17-8-9-17/h2-7,10-11,17,19H,8-9,12-13H2,1H3. The Morgan fingerprint density at radius 2 is 1.85 bits per heavy atom. The van der Waals surface area contributed by atoms with E-state index in [0.717, 1.165) is 18.3 Å². The van der Waals surface area contributed by atoms with Gasteiger partial charge in [-0.25, -0.2) is 0 Å². The van der Waals surface area contributed by atoms with Gasteiger partial charge in [0, 0.05) is 12.6 Å². The van der Waals surface area contributed by atoms with Gasteiger partial charge in [0.2, 0.25) is 0 Å². The van der Waals surface area contributed by atoms with E-state index in [1.807, 2.05) is 6.07 Å². The van der Waals surface area contributed by atoms with Crippen LogP contribution in [0.2, 0.25) is 0 Å². The van der Waals surface area contributed by atoms with Crippen molar-refractivity contribution in [3.63, 3.8) is 0 Å². The van der Waals surface area contributed by atoms with Gasteiger partial charge in [-0.05, 0) is 43.0 Å². The van der Waals surface area contributed by atoms with E-state index in [0.29, 0.717) is 6.61 Å². The number of rotatable bonds is 6. The van der Waals surface area contributed by atoms with Gasteiger partial charge in [-0.1, -0.05) is 42.0 Å². The Morgan fingerprint density at radius 1 is 1.05 bits per heavy atom. The second-order valence-corrected chi connectivity index (χ2v) is 5.58. The van der Waals surface area contributed by atoms with Crippen LogP contribution in [0.25, 0.3) is 0 Å². The molecule has 2 aromatic rings. The maximum absolute atomic E-state index is 5.88. The smallest absolute Gasteiger partial charge is 0.120 e. The molecule has 1 aliphatic carbocycles. The summed E-state index contributed by atoms with van der Waals surface area (Å²) in [4.78, 5) is 0. The summed E-state index contributed by atoms with van der Waals surface area (Å²) in [6, 6.07) is 17.6. The van der Waals surface area contributed by atoms with Crippen molar-refractivity contribution in [3.05, 3.63) is 65.2 Å². The molecule has 0 amide bonds. The second kappa shape index (κ2) is 6.10. The molecule has 0 bridgehead atoms. The van der Waals surface area contributed by atoms with E-state index in [1.165, 1.54) is 29.5 Å². The molecule has 0 spiro atoms. The summed E-state index contributed by atoms with van der Waals surface area (Å²) < 4.78 is 5.88. The highest BCUT2D eigenvalue weighted by Gasteiger charge is 2.19. The number of nitrogens with one attached hydrogen (secondary N) is 1. The van der Waals surface area contributed by atoms with Crippen molar-refractivity contribution in [2.75, 3.05) is 0 Å². The van der Waals surface area contributed by atoms with E-state index in [1.54, 1.807) is 0 Å². The van der Waals surface area contributed by atoms with Gasteiger partial charge < -0.3 is 10.1 Å². The second-order valence-electron chi connectivity index (χ2n) is 5.58. The Kier molecular flexibility index (Phi) is 4.03. The first-order chi connectivity index (χ1) is 9.79. The van der Waals surface area contributed by atoms with Crippen LogP contribution in [0, 0.1) is 6.92 Å². The van der Waals surface area contributed by atoms with Gasteiger partial charge in [0.25, 0.3) is 0 Å². The third-order valence-corrected chi connectivity index (χ3v) is 3.56. The van der Waals surface area contributed by atoms with Crippen molar-refractivity contribution >= 4 is 0 Å². The van der Waals surface area contributed by atoms with Gasteiger partial charge in [-0.15, -0.1) is 0 Å².